The molecule has 3 N–H and O–H groups in total. The van der Waals surface area contributed by atoms with E-state index in [2.05, 4.69) is 39.8 Å². The predicted molar refractivity (Wildman–Crippen MR) is 181 cm³/mol. The molecule has 252 valence electrons. The highest BCUT2D eigenvalue weighted by molar-refractivity contribution is 7.10. The number of rotatable bonds is 5. The molecule has 2 atom stereocenters. The zero-order chi connectivity index (χ0) is 33.2. The number of nitrogens with one attached hydrogen (secondary N) is 3. The second-order valence-corrected chi connectivity index (χ2v) is 14.3. The molecule has 2 aliphatic rings. The first-order chi connectivity index (χ1) is 22.8. The van der Waals surface area contributed by atoms with Gasteiger partial charge in [-0.3, -0.25) is 19.2 Å². The van der Waals surface area contributed by atoms with E-state index in [1.165, 1.54) is 22.7 Å². The van der Waals surface area contributed by atoms with Gasteiger partial charge in [-0.25, -0.2) is 9.97 Å². The number of fused-ring (bicyclic) bond motifs is 4. The normalized spacial score (nSPS) is 21.0. The quantitative estimate of drug-likeness (QED) is 0.355. The van der Waals surface area contributed by atoms with Gasteiger partial charge in [0.15, 0.2) is 0 Å². The highest BCUT2D eigenvalue weighted by Crippen LogP contribution is 2.27. The van der Waals surface area contributed by atoms with Crippen LogP contribution in [0.3, 0.4) is 0 Å². The van der Waals surface area contributed by atoms with E-state index in [9.17, 15) is 19.2 Å². The molecule has 2 aromatic heterocycles. The first kappa shape index (κ1) is 34.6. The lowest BCUT2D eigenvalue weighted by Gasteiger charge is -2.29. The van der Waals surface area contributed by atoms with E-state index in [4.69, 9.17) is 4.74 Å². The van der Waals surface area contributed by atoms with Crippen molar-refractivity contribution in [2.75, 3.05) is 32.8 Å². The fraction of sp³-hybridized carbons (Fsp3) is 0.529. The lowest BCUT2D eigenvalue weighted by atomic mass is 9.98. The highest BCUT2D eigenvalue weighted by Gasteiger charge is 2.28. The number of thiazole rings is 2. The fourth-order valence-electron chi connectivity index (χ4n) is 5.87. The van der Waals surface area contributed by atoms with Crippen LogP contribution in [0.4, 0.5) is 0 Å². The minimum Gasteiger partial charge on any atom is -0.381 e. The number of ether oxygens (including phenoxy) is 1. The van der Waals surface area contributed by atoms with Crippen molar-refractivity contribution in [1.29, 1.82) is 0 Å². The molecule has 2 aliphatic heterocycles. The summed E-state index contributed by atoms with van der Waals surface area (Å²) in [6, 6.07) is 8.99. The van der Waals surface area contributed by atoms with E-state index < -0.39 is 6.04 Å². The molecule has 47 heavy (non-hydrogen) atoms. The second-order valence-electron chi connectivity index (χ2n) is 12.5. The van der Waals surface area contributed by atoms with Crippen LogP contribution in [0, 0.1) is 11.8 Å². The van der Waals surface area contributed by atoms with Crippen LogP contribution in [0.1, 0.15) is 101 Å². The van der Waals surface area contributed by atoms with E-state index in [1.807, 2.05) is 35.2 Å². The zero-order valence-corrected chi connectivity index (χ0v) is 28.7. The molecule has 4 heterocycles. The number of hydrogen-bond acceptors (Lipinski definition) is 9. The second kappa shape index (κ2) is 16.9. The summed E-state index contributed by atoms with van der Waals surface area (Å²) in [4.78, 5) is 64.4. The van der Waals surface area contributed by atoms with E-state index in [0.29, 0.717) is 81.4 Å². The van der Waals surface area contributed by atoms with Crippen LogP contribution in [0.5, 0.6) is 0 Å². The summed E-state index contributed by atoms with van der Waals surface area (Å²) < 4.78 is 5.46. The Kier molecular flexibility index (Phi) is 12.5. The van der Waals surface area contributed by atoms with Crippen LogP contribution in [0.15, 0.2) is 41.1 Å². The van der Waals surface area contributed by atoms with Gasteiger partial charge >= 0.3 is 0 Å². The smallest absolute Gasteiger partial charge is 0.271 e. The van der Waals surface area contributed by atoms with Crippen molar-refractivity contribution >= 4 is 46.3 Å². The lowest BCUT2D eigenvalue weighted by Crippen LogP contribution is -2.41. The van der Waals surface area contributed by atoms with Crippen molar-refractivity contribution in [3.8, 4) is 0 Å². The number of benzene rings is 1. The zero-order valence-electron chi connectivity index (χ0n) is 27.0. The summed E-state index contributed by atoms with van der Waals surface area (Å²) in [5.41, 5.74) is 1.58. The van der Waals surface area contributed by atoms with Gasteiger partial charge in [-0.15, -0.1) is 22.7 Å². The van der Waals surface area contributed by atoms with Gasteiger partial charge in [-0.05, 0) is 50.0 Å². The molecule has 0 radical (unpaired) electrons. The summed E-state index contributed by atoms with van der Waals surface area (Å²) in [5.74, 6) is -0.487. The van der Waals surface area contributed by atoms with Crippen molar-refractivity contribution in [2.24, 2.45) is 11.8 Å². The number of nitrogens with zero attached hydrogens (tertiary/aromatic N) is 3. The van der Waals surface area contributed by atoms with E-state index in [0.717, 1.165) is 5.56 Å². The third kappa shape index (κ3) is 9.91. The molecular formula is C34H44N6O5S2. The van der Waals surface area contributed by atoms with E-state index in [-0.39, 0.29) is 59.3 Å². The minimum absolute atomic E-state index is 0.0807. The number of hydrogen-bond donors (Lipinski definition) is 3. The fourth-order valence-corrected chi connectivity index (χ4v) is 7.59. The van der Waals surface area contributed by atoms with E-state index in [1.54, 1.807) is 10.8 Å². The Bertz CT molecular complexity index is 1500. The topological polar surface area (TPSA) is 143 Å². The van der Waals surface area contributed by atoms with Gasteiger partial charge in [0, 0.05) is 55.9 Å². The standard InChI is InChI=1S/C34H44N6O5S2/c1-22(2)18-25-32-39-28(21-47-32)31(43)37-26(19-23-8-4-3-5-9-23)33-38-27(20-46-33)30(42)35-13-7-15-40(14-6-10-29(41)36-25)34(44)24-11-16-45-17-12-24/h3-5,8-9,20-22,24-26H,6-7,10-19H2,1-2H3,(H,35,42)(H,36,41)(H,37,43)/t25-,26-/m0/s1. The molecule has 5 rings (SSSR count). The lowest BCUT2D eigenvalue weighted by molar-refractivity contribution is -0.139. The summed E-state index contributed by atoms with van der Waals surface area (Å²) in [6.45, 7) is 6.61. The third-order valence-electron chi connectivity index (χ3n) is 8.34. The van der Waals surface area contributed by atoms with E-state index >= 15 is 0 Å². The first-order valence-corrected chi connectivity index (χ1v) is 18.2. The summed E-state index contributed by atoms with van der Waals surface area (Å²) >= 11 is 2.68. The Morgan fingerprint density at radius 1 is 0.915 bits per heavy atom. The molecule has 4 amide bonds. The van der Waals surface area contributed by atoms with Crippen LogP contribution in [-0.4, -0.2) is 71.3 Å². The molecule has 13 heteroatoms. The van der Waals surface area contributed by atoms with Crippen molar-refractivity contribution in [3.05, 3.63) is 68.1 Å². The van der Waals surface area contributed by atoms with Crippen LogP contribution in [0.2, 0.25) is 0 Å². The number of carbonyl (C=O) groups is 4. The number of aromatic nitrogens is 2. The van der Waals surface area contributed by atoms with Crippen molar-refractivity contribution in [2.45, 2.75) is 70.9 Å². The van der Waals surface area contributed by atoms with Crippen molar-refractivity contribution < 1.29 is 23.9 Å². The monoisotopic (exact) mass is 680 g/mol. The maximum Gasteiger partial charge on any atom is 0.271 e. The van der Waals surface area contributed by atoms with Crippen LogP contribution in [-0.2, 0) is 20.7 Å². The molecule has 1 saturated heterocycles. The van der Waals surface area contributed by atoms with Gasteiger partial charge in [-0.1, -0.05) is 44.2 Å². The highest BCUT2D eigenvalue weighted by atomic mass is 32.1. The Morgan fingerprint density at radius 2 is 1.57 bits per heavy atom. The van der Waals surface area contributed by atoms with Gasteiger partial charge < -0.3 is 25.6 Å². The van der Waals surface area contributed by atoms with Crippen LogP contribution >= 0.6 is 22.7 Å². The molecule has 1 aromatic carbocycles. The Labute approximate surface area is 283 Å². The maximum atomic E-state index is 13.5. The van der Waals surface area contributed by atoms with Gasteiger partial charge in [0.05, 0.1) is 12.1 Å². The molecule has 11 nitrogen and oxygen atoms in total. The molecule has 0 spiro atoms. The van der Waals surface area contributed by atoms with Crippen LogP contribution < -0.4 is 16.0 Å². The van der Waals surface area contributed by atoms with Gasteiger partial charge in [0.25, 0.3) is 11.8 Å². The SMILES string of the molecule is CC(C)C[C@@H]1NC(=O)CCCN(C(=O)C2CCOCC2)CCCNC(=O)c2csc(n2)[C@H](Cc2ccccc2)NC(=O)c2csc1n2. The molecular weight excluding hydrogens is 637 g/mol. The van der Waals surface area contributed by atoms with Gasteiger partial charge in [0.1, 0.15) is 21.4 Å². The Hall–Kier alpha value is -3.68. The van der Waals surface area contributed by atoms with Crippen LogP contribution in [0.25, 0.3) is 0 Å². The minimum atomic E-state index is -0.480. The first-order valence-electron chi connectivity index (χ1n) is 16.5. The molecule has 4 bridgehead atoms. The number of amides is 4. The molecule has 1 fully saturated rings. The predicted octanol–water partition coefficient (Wildman–Crippen LogP) is 4.69. The van der Waals surface area contributed by atoms with Gasteiger partial charge in [-0.2, -0.15) is 0 Å². The summed E-state index contributed by atoms with van der Waals surface area (Å²) in [7, 11) is 0. The summed E-state index contributed by atoms with van der Waals surface area (Å²) in [6.07, 6.45) is 3.88. The molecule has 0 saturated carbocycles. The van der Waals surface area contributed by atoms with Gasteiger partial charge in [0.2, 0.25) is 11.8 Å². The largest absolute Gasteiger partial charge is 0.381 e. The Balaban J connectivity index is 1.39. The average Bonchev–Trinajstić information content (AvgIpc) is 3.77. The van der Waals surface area contributed by atoms with Crippen molar-refractivity contribution in [1.82, 2.24) is 30.8 Å². The van der Waals surface area contributed by atoms with Crippen molar-refractivity contribution in [3.63, 3.8) is 0 Å². The average molecular weight is 681 g/mol. The molecule has 0 unspecified atom stereocenters. The maximum absolute atomic E-state index is 13.5. The third-order valence-corrected chi connectivity index (χ3v) is 10.3. The number of carbonyl (C=O) groups excluding carboxylic acids is 4. The molecule has 3 aromatic rings. The molecule has 0 aliphatic carbocycles. The Morgan fingerprint density at radius 3 is 2.28 bits per heavy atom. The summed E-state index contributed by atoms with van der Waals surface area (Å²) in [5, 5.41) is 13.9.